The van der Waals surface area contributed by atoms with Crippen molar-refractivity contribution in [3.63, 3.8) is 0 Å². The SMILES string of the molecule is CC(C)(CO)NC/C=C/c1ccc(C#N)cc1. The van der Waals surface area contributed by atoms with Gasteiger partial charge in [0.25, 0.3) is 0 Å². The van der Waals surface area contributed by atoms with E-state index in [1.54, 1.807) is 12.1 Å². The molecule has 0 unspecified atom stereocenters. The lowest BCUT2D eigenvalue weighted by atomic mass is 10.1. The fourth-order valence-electron chi connectivity index (χ4n) is 1.25. The summed E-state index contributed by atoms with van der Waals surface area (Å²) in [6.07, 6.45) is 3.99. The van der Waals surface area contributed by atoms with Crippen LogP contribution in [0.5, 0.6) is 0 Å². The lowest BCUT2D eigenvalue weighted by Crippen LogP contribution is -2.42. The van der Waals surface area contributed by atoms with Crippen molar-refractivity contribution >= 4 is 6.08 Å². The van der Waals surface area contributed by atoms with E-state index in [2.05, 4.69) is 11.4 Å². The molecule has 1 aromatic carbocycles. The second kappa shape index (κ2) is 6.19. The number of nitriles is 1. The van der Waals surface area contributed by atoms with Gasteiger partial charge >= 0.3 is 0 Å². The molecule has 3 nitrogen and oxygen atoms in total. The van der Waals surface area contributed by atoms with Gasteiger partial charge in [-0.25, -0.2) is 0 Å². The van der Waals surface area contributed by atoms with Gasteiger partial charge in [-0.1, -0.05) is 24.3 Å². The molecule has 3 heteroatoms. The van der Waals surface area contributed by atoms with Gasteiger partial charge in [0.2, 0.25) is 0 Å². The fourth-order valence-corrected chi connectivity index (χ4v) is 1.25. The molecule has 0 fully saturated rings. The Balaban J connectivity index is 2.46. The minimum Gasteiger partial charge on any atom is -0.394 e. The number of hydrogen-bond acceptors (Lipinski definition) is 3. The van der Waals surface area contributed by atoms with Crippen LogP contribution >= 0.6 is 0 Å². The van der Waals surface area contributed by atoms with E-state index < -0.39 is 0 Å². The largest absolute Gasteiger partial charge is 0.394 e. The van der Waals surface area contributed by atoms with Gasteiger partial charge in [0, 0.05) is 12.1 Å². The molecule has 0 aliphatic rings. The molecule has 0 saturated heterocycles. The summed E-state index contributed by atoms with van der Waals surface area (Å²) < 4.78 is 0. The van der Waals surface area contributed by atoms with Crippen LogP contribution in [0.1, 0.15) is 25.0 Å². The van der Waals surface area contributed by atoms with Gasteiger partial charge in [0.05, 0.1) is 18.2 Å². The fraction of sp³-hybridized carbons (Fsp3) is 0.357. The topological polar surface area (TPSA) is 56.0 Å². The van der Waals surface area contributed by atoms with E-state index in [0.29, 0.717) is 12.1 Å². The molecule has 0 radical (unpaired) electrons. The predicted molar refractivity (Wildman–Crippen MR) is 69.4 cm³/mol. The van der Waals surface area contributed by atoms with Gasteiger partial charge in [-0.05, 0) is 31.5 Å². The molecule has 1 rings (SSSR count). The van der Waals surface area contributed by atoms with Crippen LogP contribution in [0.25, 0.3) is 6.08 Å². The van der Waals surface area contributed by atoms with Crippen LogP contribution in [0.2, 0.25) is 0 Å². The molecular weight excluding hydrogens is 212 g/mol. The summed E-state index contributed by atoms with van der Waals surface area (Å²) >= 11 is 0. The highest BCUT2D eigenvalue weighted by molar-refractivity contribution is 5.51. The zero-order valence-electron chi connectivity index (χ0n) is 10.3. The Morgan fingerprint density at radius 1 is 1.35 bits per heavy atom. The molecule has 0 spiro atoms. The lowest BCUT2D eigenvalue weighted by Gasteiger charge is -2.22. The third kappa shape index (κ3) is 4.81. The predicted octanol–water partition coefficient (Wildman–Crippen LogP) is 1.93. The lowest BCUT2D eigenvalue weighted by molar-refractivity contribution is 0.193. The summed E-state index contributed by atoms with van der Waals surface area (Å²) in [5, 5.41) is 20.9. The highest BCUT2D eigenvalue weighted by Crippen LogP contribution is 2.05. The smallest absolute Gasteiger partial charge is 0.0991 e. The Morgan fingerprint density at radius 3 is 2.53 bits per heavy atom. The number of benzene rings is 1. The molecule has 17 heavy (non-hydrogen) atoms. The first-order chi connectivity index (χ1) is 8.07. The number of nitrogens with zero attached hydrogens (tertiary/aromatic N) is 1. The molecule has 0 atom stereocenters. The molecular formula is C14H18N2O. The van der Waals surface area contributed by atoms with Crippen molar-refractivity contribution in [1.82, 2.24) is 5.32 Å². The second-order valence-corrected chi connectivity index (χ2v) is 4.56. The van der Waals surface area contributed by atoms with Gasteiger partial charge in [0.1, 0.15) is 0 Å². The highest BCUT2D eigenvalue weighted by atomic mass is 16.3. The summed E-state index contributed by atoms with van der Waals surface area (Å²) in [5.74, 6) is 0. The van der Waals surface area contributed by atoms with Gasteiger partial charge in [-0.3, -0.25) is 0 Å². The Hall–Kier alpha value is -1.63. The van der Waals surface area contributed by atoms with Gasteiger partial charge in [-0.15, -0.1) is 0 Å². The van der Waals surface area contributed by atoms with Crippen molar-refractivity contribution in [2.24, 2.45) is 0 Å². The van der Waals surface area contributed by atoms with E-state index >= 15 is 0 Å². The Kier molecular flexibility index (Phi) is 4.89. The number of nitrogens with one attached hydrogen (secondary N) is 1. The maximum Gasteiger partial charge on any atom is 0.0991 e. The molecule has 0 aliphatic carbocycles. The number of rotatable bonds is 5. The van der Waals surface area contributed by atoms with Gasteiger partial charge in [-0.2, -0.15) is 5.26 Å². The van der Waals surface area contributed by atoms with Crippen molar-refractivity contribution in [3.8, 4) is 6.07 Å². The third-order valence-corrected chi connectivity index (χ3v) is 2.44. The normalized spacial score (nSPS) is 11.6. The Bertz CT molecular complexity index is 413. The molecule has 0 bridgehead atoms. The zero-order valence-corrected chi connectivity index (χ0v) is 10.3. The van der Waals surface area contributed by atoms with Crippen molar-refractivity contribution in [2.75, 3.05) is 13.2 Å². The maximum atomic E-state index is 9.05. The highest BCUT2D eigenvalue weighted by Gasteiger charge is 2.13. The molecule has 0 aliphatic heterocycles. The third-order valence-electron chi connectivity index (χ3n) is 2.44. The van der Waals surface area contributed by atoms with Crippen LogP contribution in [-0.2, 0) is 0 Å². The second-order valence-electron chi connectivity index (χ2n) is 4.56. The summed E-state index contributed by atoms with van der Waals surface area (Å²) in [5.41, 5.74) is 1.48. The quantitative estimate of drug-likeness (QED) is 0.812. The summed E-state index contributed by atoms with van der Waals surface area (Å²) in [7, 11) is 0. The standard InChI is InChI=1S/C14H18N2O/c1-14(2,11-17)16-9-3-4-12-5-7-13(10-15)8-6-12/h3-8,16-17H,9,11H2,1-2H3/b4-3+. The Labute approximate surface area is 102 Å². The van der Waals surface area contributed by atoms with Crippen LogP contribution in [0.3, 0.4) is 0 Å². The molecule has 2 N–H and O–H groups in total. The number of aliphatic hydroxyl groups is 1. The molecule has 0 aromatic heterocycles. The molecule has 0 heterocycles. The van der Waals surface area contributed by atoms with E-state index in [0.717, 1.165) is 5.56 Å². The first kappa shape index (κ1) is 13.4. The molecule has 0 amide bonds. The average molecular weight is 230 g/mol. The van der Waals surface area contributed by atoms with Crippen molar-refractivity contribution in [2.45, 2.75) is 19.4 Å². The van der Waals surface area contributed by atoms with E-state index in [-0.39, 0.29) is 12.1 Å². The van der Waals surface area contributed by atoms with Crippen molar-refractivity contribution in [1.29, 1.82) is 5.26 Å². The van der Waals surface area contributed by atoms with Crippen LogP contribution in [0.15, 0.2) is 30.3 Å². The molecule has 0 saturated carbocycles. The summed E-state index contributed by atoms with van der Waals surface area (Å²) in [6.45, 7) is 4.70. The van der Waals surface area contributed by atoms with Crippen LogP contribution in [0.4, 0.5) is 0 Å². The van der Waals surface area contributed by atoms with E-state index in [4.69, 9.17) is 10.4 Å². The minimum absolute atomic E-state index is 0.109. The van der Waals surface area contributed by atoms with Crippen LogP contribution in [0, 0.1) is 11.3 Å². The molecule has 90 valence electrons. The van der Waals surface area contributed by atoms with Crippen LogP contribution in [-0.4, -0.2) is 23.8 Å². The van der Waals surface area contributed by atoms with Crippen molar-refractivity contribution < 1.29 is 5.11 Å². The molecule has 1 aromatic rings. The van der Waals surface area contributed by atoms with Crippen LogP contribution < -0.4 is 5.32 Å². The van der Waals surface area contributed by atoms with E-state index in [1.165, 1.54) is 0 Å². The number of hydrogen-bond donors (Lipinski definition) is 2. The van der Waals surface area contributed by atoms with Crippen molar-refractivity contribution in [3.05, 3.63) is 41.5 Å². The first-order valence-electron chi connectivity index (χ1n) is 5.60. The average Bonchev–Trinajstić information content (AvgIpc) is 2.35. The van der Waals surface area contributed by atoms with E-state index in [9.17, 15) is 0 Å². The van der Waals surface area contributed by atoms with Gasteiger partial charge in [0.15, 0.2) is 0 Å². The summed E-state index contributed by atoms with van der Waals surface area (Å²) in [6, 6.07) is 9.50. The minimum atomic E-state index is -0.255. The maximum absolute atomic E-state index is 9.05. The Morgan fingerprint density at radius 2 is 2.00 bits per heavy atom. The monoisotopic (exact) mass is 230 g/mol. The summed E-state index contributed by atoms with van der Waals surface area (Å²) in [4.78, 5) is 0. The number of aliphatic hydroxyl groups excluding tert-OH is 1. The van der Waals surface area contributed by atoms with E-state index in [1.807, 2.05) is 38.1 Å². The van der Waals surface area contributed by atoms with Gasteiger partial charge < -0.3 is 10.4 Å². The first-order valence-corrected chi connectivity index (χ1v) is 5.60. The zero-order chi connectivity index (χ0) is 12.7.